The summed E-state index contributed by atoms with van der Waals surface area (Å²) in [6.45, 7) is 0.580. The highest BCUT2D eigenvalue weighted by molar-refractivity contribution is 6.32. The lowest BCUT2D eigenvalue weighted by molar-refractivity contribution is 0.967. The van der Waals surface area contributed by atoms with E-state index in [9.17, 15) is 0 Å². The van der Waals surface area contributed by atoms with Crippen molar-refractivity contribution in [3.8, 4) is 0 Å². The zero-order valence-electron chi connectivity index (χ0n) is 7.39. The number of fused-ring (bicyclic) bond motifs is 1. The summed E-state index contributed by atoms with van der Waals surface area (Å²) < 4.78 is 0. The second kappa shape index (κ2) is 3.52. The van der Waals surface area contributed by atoms with Crippen LogP contribution in [0.1, 0.15) is 17.5 Å². The van der Waals surface area contributed by atoms with Gasteiger partial charge in [0.2, 0.25) is 0 Å². The van der Waals surface area contributed by atoms with Gasteiger partial charge in [0.25, 0.3) is 0 Å². The van der Waals surface area contributed by atoms with E-state index in [0.29, 0.717) is 6.54 Å². The summed E-state index contributed by atoms with van der Waals surface area (Å²) >= 11 is 6.12. The zero-order valence-corrected chi connectivity index (χ0v) is 8.14. The standard InChI is InChI=1S/C11H12ClN/c12-10-6-2-4-8-3-1-5-9(7-13)11(8)10/h2,4-6H,1,3,7,13H2. The Morgan fingerprint density at radius 2 is 2.23 bits per heavy atom. The van der Waals surface area contributed by atoms with E-state index in [1.165, 1.54) is 11.1 Å². The first-order valence-corrected chi connectivity index (χ1v) is 4.87. The number of aryl methyl sites for hydroxylation is 1. The topological polar surface area (TPSA) is 26.0 Å². The van der Waals surface area contributed by atoms with Crippen molar-refractivity contribution in [2.75, 3.05) is 6.54 Å². The zero-order chi connectivity index (χ0) is 9.26. The summed E-state index contributed by atoms with van der Waals surface area (Å²) in [5.41, 5.74) is 9.34. The molecule has 0 bridgehead atoms. The predicted octanol–water partition coefficient (Wildman–Crippen LogP) is 2.63. The van der Waals surface area contributed by atoms with Gasteiger partial charge in [-0.2, -0.15) is 0 Å². The number of allylic oxidation sites excluding steroid dienone is 1. The normalized spacial score (nSPS) is 15.1. The largest absolute Gasteiger partial charge is 0.326 e. The number of rotatable bonds is 1. The summed E-state index contributed by atoms with van der Waals surface area (Å²) in [6, 6.07) is 6.06. The van der Waals surface area contributed by atoms with Crippen LogP contribution in [0.5, 0.6) is 0 Å². The van der Waals surface area contributed by atoms with Crippen LogP contribution < -0.4 is 5.73 Å². The van der Waals surface area contributed by atoms with Crippen molar-refractivity contribution in [3.05, 3.63) is 40.4 Å². The predicted molar refractivity (Wildman–Crippen MR) is 56.8 cm³/mol. The first-order chi connectivity index (χ1) is 6.33. The van der Waals surface area contributed by atoms with Crippen LogP contribution in [0.3, 0.4) is 0 Å². The van der Waals surface area contributed by atoms with Gasteiger partial charge in [-0.05, 0) is 30.0 Å². The average Bonchev–Trinajstić information content (AvgIpc) is 2.17. The van der Waals surface area contributed by atoms with E-state index in [0.717, 1.165) is 23.4 Å². The van der Waals surface area contributed by atoms with E-state index in [1.54, 1.807) is 0 Å². The van der Waals surface area contributed by atoms with Gasteiger partial charge in [0.15, 0.2) is 0 Å². The quantitative estimate of drug-likeness (QED) is 0.729. The molecule has 0 saturated carbocycles. The maximum Gasteiger partial charge on any atom is 0.0484 e. The SMILES string of the molecule is NCC1=CCCc2cccc(Cl)c21. The van der Waals surface area contributed by atoms with Gasteiger partial charge >= 0.3 is 0 Å². The Labute approximate surface area is 83.2 Å². The van der Waals surface area contributed by atoms with E-state index in [-0.39, 0.29) is 0 Å². The number of hydrogen-bond acceptors (Lipinski definition) is 1. The molecule has 1 aliphatic carbocycles. The highest BCUT2D eigenvalue weighted by atomic mass is 35.5. The molecule has 0 heterocycles. The average molecular weight is 194 g/mol. The first kappa shape index (κ1) is 8.79. The van der Waals surface area contributed by atoms with Crippen LogP contribution in [-0.4, -0.2) is 6.54 Å². The van der Waals surface area contributed by atoms with Crippen LogP contribution in [0.2, 0.25) is 5.02 Å². The molecule has 0 amide bonds. The van der Waals surface area contributed by atoms with Gasteiger partial charge in [-0.15, -0.1) is 0 Å². The van der Waals surface area contributed by atoms with Crippen LogP contribution >= 0.6 is 11.6 Å². The van der Waals surface area contributed by atoms with Crippen molar-refractivity contribution in [2.45, 2.75) is 12.8 Å². The van der Waals surface area contributed by atoms with Gasteiger partial charge < -0.3 is 5.73 Å². The third-order valence-corrected chi connectivity index (χ3v) is 2.76. The molecule has 0 saturated heterocycles. The van der Waals surface area contributed by atoms with Crippen LogP contribution in [0, 0.1) is 0 Å². The monoisotopic (exact) mass is 193 g/mol. The molecule has 0 atom stereocenters. The lowest BCUT2D eigenvalue weighted by Crippen LogP contribution is -2.08. The number of nitrogens with two attached hydrogens (primary N) is 1. The minimum absolute atomic E-state index is 0.580. The highest BCUT2D eigenvalue weighted by Crippen LogP contribution is 2.31. The maximum absolute atomic E-state index is 6.12. The lowest BCUT2D eigenvalue weighted by Gasteiger charge is -2.17. The molecule has 68 valence electrons. The molecule has 1 aliphatic rings. The van der Waals surface area contributed by atoms with Gasteiger partial charge in [0.1, 0.15) is 0 Å². The van der Waals surface area contributed by atoms with Crippen molar-refractivity contribution in [3.63, 3.8) is 0 Å². The molecule has 0 radical (unpaired) electrons. The molecular weight excluding hydrogens is 182 g/mol. The first-order valence-electron chi connectivity index (χ1n) is 4.50. The second-order valence-corrected chi connectivity index (χ2v) is 3.65. The Morgan fingerprint density at radius 3 is 3.00 bits per heavy atom. The van der Waals surface area contributed by atoms with Crippen molar-refractivity contribution in [1.29, 1.82) is 0 Å². The summed E-state index contributed by atoms with van der Waals surface area (Å²) in [6.07, 6.45) is 4.35. The molecule has 13 heavy (non-hydrogen) atoms. The molecular formula is C11H12ClN. The Morgan fingerprint density at radius 1 is 1.38 bits per heavy atom. The molecule has 0 aliphatic heterocycles. The number of benzene rings is 1. The van der Waals surface area contributed by atoms with Gasteiger partial charge in [0.05, 0.1) is 0 Å². The Hall–Kier alpha value is -0.790. The van der Waals surface area contributed by atoms with E-state index in [1.807, 2.05) is 12.1 Å². The fourth-order valence-electron chi connectivity index (χ4n) is 1.83. The molecule has 0 unspecified atom stereocenters. The minimum atomic E-state index is 0.580. The summed E-state index contributed by atoms with van der Waals surface area (Å²) in [4.78, 5) is 0. The Kier molecular flexibility index (Phi) is 2.38. The molecule has 0 fully saturated rings. The van der Waals surface area contributed by atoms with Crippen molar-refractivity contribution < 1.29 is 0 Å². The van der Waals surface area contributed by atoms with Crippen LogP contribution in [0.4, 0.5) is 0 Å². The molecule has 0 spiro atoms. The highest BCUT2D eigenvalue weighted by Gasteiger charge is 2.13. The second-order valence-electron chi connectivity index (χ2n) is 3.25. The maximum atomic E-state index is 6.12. The lowest BCUT2D eigenvalue weighted by atomic mass is 9.91. The molecule has 2 N–H and O–H groups in total. The molecule has 1 nitrogen and oxygen atoms in total. The van der Waals surface area contributed by atoms with Crippen molar-refractivity contribution in [2.24, 2.45) is 5.73 Å². The third kappa shape index (κ3) is 1.50. The number of hydrogen-bond donors (Lipinski definition) is 1. The van der Waals surface area contributed by atoms with Gasteiger partial charge in [-0.3, -0.25) is 0 Å². The molecule has 0 aromatic heterocycles. The van der Waals surface area contributed by atoms with Gasteiger partial charge in [-0.1, -0.05) is 29.8 Å². The molecule has 2 rings (SSSR count). The van der Waals surface area contributed by atoms with Gasteiger partial charge in [-0.25, -0.2) is 0 Å². The number of halogens is 1. The third-order valence-electron chi connectivity index (χ3n) is 2.45. The van der Waals surface area contributed by atoms with E-state index >= 15 is 0 Å². The van der Waals surface area contributed by atoms with Crippen LogP contribution in [-0.2, 0) is 6.42 Å². The molecule has 1 aromatic carbocycles. The fourth-order valence-corrected chi connectivity index (χ4v) is 2.14. The summed E-state index contributed by atoms with van der Waals surface area (Å²) in [5, 5.41) is 0.828. The summed E-state index contributed by atoms with van der Waals surface area (Å²) in [7, 11) is 0. The van der Waals surface area contributed by atoms with Gasteiger partial charge in [0, 0.05) is 17.1 Å². The van der Waals surface area contributed by atoms with Crippen LogP contribution in [0.15, 0.2) is 24.3 Å². The smallest absolute Gasteiger partial charge is 0.0484 e. The fraction of sp³-hybridized carbons (Fsp3) is 0.273. The minimum Gasteiger partial charge on any atom is -0.326 e. The summed E-state index contributed by atoms with van der Waals surface area (Å²) in [5.74, 6) is 0. The van der Waals surface area contributed by atoms with E-state index in [2.05, 4.69) is 12.1 Å². The van der Waals surface area contributed by atoms with Crippen molar-refractivity contribution >= 4 is 17.2 Å². The van der Waals surface area contributed by atoms with E-state index in [4.69, 9.17) is 17.3 Å². The van der Waals surface area contributed by atoms with Crippen molar-refractivity contribution in [1.82, 2.24) is 0 Å². The van der Waals surface area contributed by atoms with Crippen LogP contribution in [0.25, 0.3) is 5.57 Å². The molecule has 2 heteroatoms. The molecule has 1 aromatic rings. The van der Waals surface area contributed by atoms with E-state index < -0.39 is 0 Å². The Bertz CT molecular complexity index is 355. The Balaban J connectivity index is 2.57.